The second kappa shape index (κ2) is 6.26. The Kier molecular flexibility index (Phi) is 4.42. The highest BCUT2D eigenvalue weighted by Gasteiger charge is 2.17. The SMILES string of the molecule is COc1ccc(N)cc1C(=O)N(C)Cc1ccc(F)cc1. The predicted molar refractivity (Wildman–Crippen MR) is 79.6 cm³/mol. The molecule has 0 atom stereocenters. The lowest BCUT2D eigenvalue weighted by atomic mass is 10.1. The van der Waals surface area contributed by atoms with E-state index >= 15 is 0 Å². The van der Waals surface area contributed by atoms with Crippen LogP contribution in [0.3, 0.4) is 0 Å². The second-order valence-corrected chi connectivity index (χ2v) is 4.75. The summed E-state index contributed by atoms with van der Waals surface area (Å²) in [6.07, 6.45) is 0. The number of carbonyl (C=O) groups excluding carboxylic acids is 1. The summed E-state index contributed by atoms with van der Waals surface area (Å²) >= 11 is 0. The first-order valence-electron chi connectivity index (χ1n) is 6.44. The zero-order chi connectivity index (χ0) is 15.4. The van der Waals surface area contributed by atoms with Crippen molar-refractivity contribution >= 4 is 11.6 Å². The molecule has 0 unspecified atom stereocenters. The maximum absolute atomic E-state index is 12.9. The number of hydrogen-bond donors (Lipinski definition) is 1. The number of rotatable bonds is 4. The van der Waals surface area contributed by atoms with Gasteiger partial charge >= 0.3 is 0 Å². The number of halogens is 1. The van der Waals surface area contributed by atoms with E-state index in [2.05, 4.69) is 0 Å². The highest BCUT2D eigenvalue weighted by Crippen LogP contribution is 2.23. The molecule has 2 N–H and O–H groups in total. The van der Waals surface area contributed by atoms with Crippen LogP contribution >= 0.6 is 0 Å². The first-order chi connectivity index (χ1) is 10.0. The van der Waals surface area contributed by atoms with Gasteiger partial charge in [-0.2, -0.15) is 0 Å². The lowest BCUT2D eigenvalue weighted by Gasteiger charge is -2.19. The molecule has 2 aromatic carbocycles. The van der Waals surface area contributed by atoms with Crippen molar-refractivity contribution < 1.29 is 13.9 Å². The molecule has 0 spiro atoms. The van der Waals surface area contributed by atoms with Crippen molar-refractivity contribution in [2.24, 2.45) is 0 Å². The number of nitrogen functional groups attached to an aromatic ring is 1. The molecular formula is C16H17FN2O2. The number of methoxy groups -OCH3 is 1. The summed E-state index contributed by atoms with van der Waals surface area (Å²) in [6, 6.07) is 11.0. The average molecular weight is 288 g/mol. The van der Waals surface area contributed by atoms with Crippen LogP contribution in [0.15, 0.2) is 42.5 Å². The van der Waals surface area contributed by atoms with Crippen LogP contribution in [0, 0.1) is 5.82 Å². The fraction of sp³-hybridized carbons (Fsp3) is 0.188. The Hall–Kier alpha value is -2.56. The van der Waals surface area contributed by atoms with Crippen molar-refractivity contribution in [3.05, 3.63) is 59.4 Å². The molecule has 0 aliphatic heterocycles. The van der Waals surface area contributed by atoms with Crippen molar-refractivity contribution in [3.63, 3.8) is 0 Å². The van der Waals surface area contributed by atoms with E-state index < -0.39 is 0 Å². The summed E-state index contributed by atoms with van der Waals surface area (Å²) in [7, 11) is 3.18. The van der Waals surface area contributed by atoms with E-state index in [0.29, 0.717) is 23.5 Å². The van der Waals surface area contributed by atoms with Crippen LogP contribution in [0.25, 0.3) is 0 Å². The van der Waals surface area contributed by atoms with Crippen LogP contribution in [0.4, 0.5) is 10.1 Å². The molecule has 0 aliphatic carbocycles. The molecule has 0 fully saturated rings. The van der Waals surface area contributed by atoms with Gasteiger partial charge < -0.3 is 15.4 Å². The van der Waals surface area contributed by atoms with Crippen LogP contribution in [-0.2, 0) is 6.54 Å². The number of anilines is 1. The van der Waals surface area contributed by atoms with Gasteiger partial charge in [-0.25, -0.2) is 4.39 Å². The van der Waals surface area contributed by atoms with Crippen LogP contribution < -0.4 is 10.5 Å². The molecule has 1 amide bonds. The molecule has 0 bridgehead atoms. The van der Waals surface area contributed by atoms with E-state index in [0.717, 1.165) is 5.56 Å². The lowest BCUT2D eigenvalue weighted by molar-refractivity contribution is 0.0782. The van der Waals surface area contributed by atoms with Crippen molar-refractivity contribution in [2.75, 3.05) is 19.9 Å². The first kappa shape index (κ1) is 14.8. The van der Waals surface area contributed by atoms with E-state index in [-0.39, 0.29) is 11.7 Å². The molecule has 2 aromatic rings. The fourth-order valence-corrected chi connectivity index (χ4v) is 2.03. The zero-order valence-corrected chi connectivity index (χ0v) is 12.0. The van der Waals surface area contributed by atoms with E-state index in [4.69, 9.17) is 10.5 Å². The third-order valence-electron chi connectivity index (χ3n) is 3.13. The highest BCUT2D eigenvalue weighted by molar-refractivity contribution is 5.97. The number of amides is 1. The normalized spacial score (nSPS) is 10.2. The molecule has 0 aliphatic rings. The summed E-state index contributed by atoms with van der Waals surface area (Å²) in [5.74, 6) is -0.0335. The van der Waals surface area contributed by atoms with Crippen molar-refractivity contribution in [1.82, 2.24) is 4.90 Å². The number of ether oxygens (including phenoxy) is 1. The second-order valence-electron chi connectivity index (χ2n) is 4.75. The van der Waals surface area contributed by atoms with E-state index in [1.54, 1.807) is 37.4 Å². The maximum Gasteiger partial charge on any atom is 0.257 e. The maximum atomic E-state index is 12.9. The van der Waals surface area contributed by atoms with Crippen molar-refractivity contribution in [3.8, 4) is 5.75 Å². The lowest BCUT2D eigenvalue weighted by Crippen LogP contribution is -2.26. The van der Waals surface area contributed by atoms with Gasteiger partial charge in [-0.1, -0.05) is 12.1 Å². The van der Waals surface area contributed by atoms with Crippen LogP contribution in [-0.4, -0.2) is 25.0 Å². The van der Waals surface area contributed by atoms with Gasteiger partial charge in [0.25, 0.3) is 5.91 Å². The highest BCUT2D eigenvalue weighted by atomic mass is 19.1. The summed E-state index contributed by atoms with van der Waals surface area (Å²) < 4.78 is 18.1. The van der Waals surface area contributed by atoms with Gasteiger partial charge in [0.1, 0.15) is 11.6 Å². The molecule has 0 radical (unpaired) electrons. The Bertz CT molecular complexity index is 641. The number of carbonyl (C=O) groups is 1. The average Bonchev–Trinajstić information content (AvgIpc) is 2.48. The van der Waals surface area contributed by atoms with Gasteiger partial charge in [-0.15, -0.1) is 0 Å². The molecule has 0 heterocycles. The first-order valence-corrected chi connectivity index (χ1v) is 6.44. The smallest absolute Gasteiger partial charge is 0.257 e. The topological polar surface area (TPSA) is 55.6 Å². The molecule has 0 aromatic heterocycles. The molecule has 0 saturated carbocycles. The Labute approximate surface area is 122 Å². The number of nitrogens with zero attached hydrogens (tertiary/aromatic N) is 1. The molecule has 2 rings (SSSR count). The van der Waals surface area contributed by atoms with Gasteiger partial charge in [-0.3, -0.25) is 4.79 Å². The van der Waals surface area contributed by atoms with Crippen LogP contribution in [0.5, 0.6) is 5.75 Å². The van der Waals surface area contributed by atoms with Crippen LogP contribution in [0.1, 0.15) is 15.9 Å². The quantitative estimate of drug-likeness (QED) is 0.880. The van der Waals surface area contributed by atoms with Crippen LogP contribution in [0.2, 0.25) is 0 Å². The Morgan fingerprint density at radius 1 is 1.24 bits per heavy atom. The molecule has 5 heteroatoms. The van der Waals surface area contributed by atoms with Gasteiger partial charge in [0, 0.05) is 19.3 Å². The third-order valence-corrected chi connectivity index (χ3v) is 3.13. The van der Waals surface area contributed by atoms with Crippen molar-refractivity contribution in [2.45, 2.75) is 6.54 Å². The molecule has 21 heavy (non-hydrogen) atoms. The predicted octanol–water partition coefficient (Wildman–Crippen LogP) is 2.69. The van der Waals surface area contributed by atoms with Gasteiger partial charge in [-0.05, 0) is 35.9 Å². The summed E-state index contributed by atoms with van der Waals surface area (Å²) in [5, 5.41) is 0. The summed E-state index contributed by atoms with van der Waals surface area (Å²) in [4.78, 5) is 14.0. The van der Waals surface area contributed by atoms with Gasteiger partial charge in [0.2, 0.25) is 0 Å². The largest absolute Gasteiger partial charge is 0.496 e. The number of benzene rings is 2. The number of hydrogen-bond acceptors (Lipinski definition) is 3. The van der Waals surface area contributed by atoms with Gasteiger partial charge in [0.05, 0.1) is 12.7 Å². The van der Waals surface area contributed by atoms with Crippen molar-refractivity contribution in [1.29, 1.82) is 0 Å². The molecular weight excluding hydrogens is 271 g/mol. The third kappa shape index (κ3) is 3.51. The molecule has 110 valence electrons. The standard InChI is InChI=1S/C16H17FN2O2/c1-19(10-11-3-5-12(17)6-4-11)16(20)14-9-13(18)7-8-15(14)21-2/h3-9H,10,18H2,1-2H3. The minimum atomic E-state index is -0.301. The minimum absolute atomic E-state index is 0.205. The molecule has 4 nitrogen and oxygen atoms in total. The monoisotopic (exact) mass is 288 g/mol. The number of nitrogens with two attached hydrogens (primary N) is 1. The zero-order valence-electron chi connectivity index (χ0n) is 12.0. The van der Waals surface area contributed by atoms with E-state index in [1.165, 1.54) is 24.1 Å². The Balaban J connectivity index is 2.19. The van der Waals surface area contributed by atoms with Gasteiger partial charge in [0.15, 0.2) is 0 Å². The molecule has 0 saturated heterocycles. The fourth-order valence-electron chi connectivity index (χ4n) is 2.03. The summed E-state index contributed by atoms with van der Waals surface area (Å²) in [5.41, 5.74) is 7.46. The Morgan fingerprint density at radius 2 is 1.90 bits per heavy atom. The Morgan fingerprint density at radius 3 is 2.52 bits per heavy atom. The summed E-state index contributed by atoms with van der Waals surface area (Å²) in [6.45, 7) is 0.372. The van der Waals surface area contributed by atoms with E-state index in [9.17, 15) is 9.18 Å². The minimum Gasteiger partial charge on any atom is -0.496 e. The van der Waals surface area contributed by atoms with E-state index in [1.807, 2.05) is 0 Å².